The number of alkyl halides is 5. The van der Waals surface area contributed by atoms with Crippen LogP contribution in [0, 0.1) is 11.8 Å². The molecule has 1 fully saturated rings. The second kappa shape index (κ2) is 11.5. The molecule has 0 aromatic carbocycles. The fraction of sp³-hybridized carbons (Fsp3) is 0.625. The molecule has 2 N–H and O–H groups in total. The summed E-state index contributed by atoms with van der Waals surface area (Å²) >= 11 is 6.45. The molecule has 3 rings (SSSR count). The number of carbonyl (C=O) groups excluding carboxylic acids is 1. The summed E-state index contributed by atoms with van der Waals surface area (Å²) in [4.78, 5) is 21.2. The van der Waals surface area contributed by atoms with Gasteiger partial charge in [-0.1, -0.05) is 32.4 Å². The molecule has 1 amide bonds. The van der Waals surface area contributed by atoms with Gasteiger partial charge in [0.25, 0.3) is 5.91 Å². The molecular formula is C24H30ClF5N4O3. The molecule has 2 heterocycles. The van der Waals surface area contributed by atoms with E-state index in [0.717, 1.165) is 36.6 Å². The molecule has 206 valence electrons. The van der Waals surface area contributed by atoms with E-state index in [1.807, 2.05) is 0 Å². The van der Waals surface area contributed by atoms with E-state index in [1.165, 1.54) is 0 Å². The summed E-state index contributed by atoms with van der Waals surface area (Å²) in [5.41, 5.74) is -1.22. The highest BCUT2D eigenvalue weighted by Gasteiger charge is 2.36. The predicted octanol–water partition coefficient (Wildman–Crippen LogP) is 5.50. The molecule has 0 aliphatic heterocycles. The van der Waals surface area contributed by atoms with Gasteiger partial charge >= 0.3 is 12.8 Å². The monoisotopic (exact) mass is 552 g/mol. The molecule has 0 bridgehead atoms. The number of amides is 1. The van der Waals surface area contributed by atoms with Gasteiger partial charge in [0.15, 0.2) is 17.3 Å². The first-order valence-electron chi connectivity index (χ1n) is 12.0. The number of hydrogen-bond donors (Lipinski definition) is 2. The molecule has 1 atom stereocenters. The van der Waals surface area contributed by atoms with E-state index in [1.54, 1.807) is 6.92 Å². The number of pyridine rings is 1. The van der Waals surface area contributed by atoms with Crippen molar-refractivity contribution >= 4 is 17.5 Å². The fourth-order valence-electron chi connectivity index (χ4n) is 4.26. The number of nitrogens with one attached hydrogen (secondary N) is 1. The lowest BCUT2D eigenvalue weighted by molar-refractivity contribution is -0.169. The van der Waals surface area contributed by atoms with E-state index in [0.29, 0.717) is 18.8 Å². The van der Waals surface area contributed by atoms with Crippen molar-refractivity contribution in [3.8, 4) is 11.6 Å². The third kappa shape index (κ3) is 7.10. The van der Waals surface area contributed by atoms with Gasteiger partial charge in [0.2, 0.25) is 0 Å². The Kier molecular flexibility index (Phi) is 9.05. The Morgan fingerprint density at radius 3 is 2.57 bits per heavy atom. The van der Waals surface area contributed by atoms with Crippen LogP contribution in [0.2, 0.25) is 5.15 Å². The summed E-state index contributed by atoms with van der Waals surface area (Å²) in [6, 6.07) is 1.05. The van der Waals surface area contributed by atoms with Gasteiger partial charge in [-0.2, -0.15) is 22.0 Å². The molecule has 13 heteroatoms. The molecule has 1 unspecified atom stereocenters. The number of imidazole rings is 1. The summed E-state index contributed by atoms with van der Waals surface area (Å²) in [6.45, 7) is 1.47. The van der Waals surface area contributed by atoms with Crippen molar-refractivity contribution in [1.82, 2.24) is 19.9 Å². The third-order valence-electron chi connectivity index (χ3n) is 6.62. The van der Waals surface area contributed by atoms with Crippen molar-refractivity contribution in [2.75, 3.05) is 6.54 Å². The highest BCUT2D eigenvalue weighted by molar-refractivity contribution is 6.32. The zero-order valence-corrected chi connectivity index (χ0v) is 21.5. The first-order valence-corrected chi connectivity index (χ1v) is 12.4. The van der Waals surface area contributed by atoms with E-state index in [9.17, 15) is 31.9 Å². The van der Waals surface area contributed by atoms with Crippen LogP contribution in [0.25, 0.3) is 5.82 Å². The van der Waals surface area contributed by atoms with Crippen LogP contribution >= 0.6 is 11.6 Å². The standard InChI is InChI=1S/C24H30ClF5N4O3/c1-4-17-33-18(21(35)32-12-23(36)7-5-13(2)6-8-23)19(25)34(17)20-16(37-22(26)27)10-15(11-31-20)9-14(3)24(28,29)30/h10-11,13-14,22,36H,4-9,12H2,1-3H3,(H,32,35). The number of aromatic nitrogens is 3. The quantitative estimate of drug-likeness (QED) is 0.401. The number of hydrogen-bond acceptors (Lipinski definition) is 5. The van der Waals surface area contributed by atoms with Crippen LogP contribution in [0.3, 0.4) is 0 Å². The number of carbonyl (C=O) groups is 1. The number of aliphatic hydroxyl groups is 1. The molecule has 7 nitrogen and oxygen atoms in total. The summed E-state index contributed by atoms with van der Waals surface area (Å²) < 4.78 is 71.0. The second-order valence-electron chi connectivity index (χ2n) is 9.64. The Bertz CT molecular complexity index is 1100. The van der Waals surface area contributed by atoms with E-state index in [2.05, 4.69) is 26.9 Å². The van der Waals surface area contributed by atoms with Gasteiger partial charge in [-0.25, -0.2) is 9.97 Å². The number of rotatable bonds is 9. The molecule has 0 spiro atoms. The summed E-state index contributed by atoms with van der Waals surface area (Å²) in [7, 11) is 0. The lowest BCUT2D eigenvalue weighted by Crippen LogP contribution is -2.45. The second-order valence-corrected chi connectivity index (χ2v) is 9.99. The molecule has 0 saturated heterocycles. The van der Waals surface area contributed by atoms with E-state index < -0.39 is 42.4 Å². The van der Waals surface area contributed by atoms with E-state index in [-0.39, 0.29) is 41.0 Å². The van der Waals surface area contributed by atoms with Crippen LogP contribution in [0.15, 0.2) is 12.3 Å². The zero-order chi connectivity index (χ0) is 27.5. The number of halogens is 6. The largest absolute Gasteiger partial charge is 0.431 e. The van der Waals surface area contributed by atoms with Gasteiger partial charge in [-0.15, -0.1) is 0 Å². The Labute approximate surface area is 216 Å². The highest BCUT2D eigenvalue weighted by atomic mass is 35.5. The Hall–Kier alpha value is -2.47. The summed E-state index contributed by atoms with van der Waals surface area (Å²) in [5, 5.41) is 13.2. The van der Waals surface area contributed by atoms with Crippen molar-refractivity contribution in [1.29, 1.82) is 0 Å². The minimum absolute atomic E-state index is 0.00667. The van der Waals surface area contributed by atoms with E-state index >= 15 is 0 Å². The number of aryl methyl sites for hydroxylation is 1. The molecule has 2 aromatic rings. The van der Waals surface area contributed by atoms with Crippen molar-refractivity contribution in [3.05, 3.63) is 34.5 Å². The van der Waals surface area contributed by atoms with Crippen molar-refractivity contribution in [2.24, 2.45) is 11.8 Å². The molecule has 1 aliphatic rings. The van der Waals surface area contributed by atoms with Crippen LogP contribution in [0.1, 0.15) is 68.3 Å². The average molecular weight is 553 g/mol. The summed E-state index contributed by atoms with van der Waals surface area (Å²) in [6.07, 6.45) is -0.901. The number of nitrogens with zero attached hydrogens (tertiary/aromatic N) is 3. The fourth-order valence-corrected chi connectivity index (χ4v) is 4.56. The lowest BCUT2D eigenvalue weighted by Gasteiger charge is -2.34. The minimum atomic E-state index is -4.48. The van der Waals surface area contributed by atoms with Crippen LogP contribution in [-0.2, 0) is 12.8 Å². The van der Waals surface area contributed by atoms with Crippen LogP contribution in [0.4, 0.5) is 22.0 Å². The maximum Gasteiger partial charge on any atom is 0.391 e. The molecular weight excluding hydrogens is 523 g/mol. The van der Waals surface area contributed by atoms with Gasteiger partial charge in [-0.05, 0) is 49.7 Å². The number of ether oxygens (including phenoxy) is 1. The normalized spacial score (nSPS) is 21.2. The van der Waals surface area contributed by atoms with Crippen molar-refractivity contribution in [3.63, 3.8) is 0 Å². The highest BCUT2D eigenvalue weighted by Crippen LogP contribution is 2.34. The average Bonchev–Trinajstić information content (AvgIpc) is 3.15. The Balaban J connectivity index is 1.91. The SMILES string of the molecule is CCc1nc(C(=O)NCC2(O)CCC(C)CC2)c(Cl)n1-c1ncc(CC(C)C(F)(F)F)cc1OC(F)F. The molecule has 1 aliphatic carbocycles. The molecule has 1 saturated carbocycles. The van der Waals surface area contributed by atoms with Gasteiger partial charge in [0.05, 0.1) is 11.5 Å². The zero-order valence-electron chi connectivity index (χ0n) is 20.7. The maximum absolute atomic E-state index is 13.2. The topological polar surface area (TPSA) is 89.3 Å². The molecule has 37 heavy (non-hydrogen) atoms. The first-order chi connectivity index (χ1) is 17.2. The van der Waals surface area contributed by atoms with Gasteiger partial charge in [-0.3, -0.25) is 9.36 Å². The van der Waals surface area contributed by atoms with Crippen LogP contribution < -0.4 is 10.1 Å². The van der Waals surface area contributed by atoms with Gasteiger partial charge in [0, 0.05) is 19.2 Å². The van der Waals surface area contributed by atoms with Gasteiger partial charge in [0.1, 0.15) is 11.0 Å². The molecule has 0 radical (unpaired) electrons. The smallest absolute Gasteiger partial charge is 0.391 e. The van der Waals surface area contributed by atoms with Crippen LogP contribution in [0.5, 0.6) is 5.75 Å². The minimum Gasteiger partial charge on any atom is -0.431 e. The van der Waals surface area contributed by atoms with Crippen molar-refractivity contribution in [2.45, 2.75) is 77.7 Å². The Morgan fingerprint density at radius 2 is 2.00 bits per heavy atom. The lowest BCUT2D eigenvalue weighted by atomic mass is 9.79. The summed E-state index contributed by atoms with van der Waals surface area (Å²) in [5.74, 6) is -2.46. The van der Waals surface area contributed by atoms with Gasteiger partial charge < -0.3 is 15.2 Å². The third-order valence-corrected chi connectivity index (χ3v) is 6.97. The van der Waals surface area contributed by atoms with Crippen LogP contribution in [-0.4, -0.2) is 50.5 Å². The Morgan fingerprint density at radius 1 is 1.35 bits per heavy atom. The molecule has 2 aromatic heterocycles. The maximum atomic E-state index is 13.2. The van der Waals surface area contributed by atoms with Crippen molar-refractivity contribution < 1.29 is 36.6 Å². The first kappa shape index (κ1) is 29.1. The van der Waals surface area contributed by atoms with E-state index in [4.69, 9.17) is 11.6 Å². The predicted molar refractivity (Wildman–Crippen MR) is 126 cm³/mol.